The average Bonchev–Trinajstić information content (AvgIpc) is 2.66. The first-order chi connectivity index (χ1) is 12.0. The fourth-order valence-corrected chi connectivity index (χ4v) is 5.40. The minimum atomic E-state index is -3.64. The van der Waals surface area contributed by atoms with E-state index in [2.05, 4.69) is 0 Å². The van der Waals surface area contributed by atoms with Gasteiger partial charge in [-0.3, -0.25) is 4.79 Å². The number of rotatable bonds is 4. The molecule has 1 aromatic rings. The molecule has 0 bridgehead atoms. The lowest BCUT2D eigenvalue weighted by Gasteiger charge is -2.30. The molecule has 0 aromatic heterocycles. The molecule has 1 aliphatic heterocycles. The van der Waals surface area contributed by atoms with Crippen molar-refractivity contribution in [3.05, 3.63) is 23.3 Å². The Labute approximate surface area is 149 Å². The Morgan fingerprint density at radius 2 is 1.68 bits per heavy atom. The molecular weight excluding hydrogens is 342 g/mol. The van der Waals surface area contributed by atoms with Gasteiger partial charge in [-0.1, -0.05) is 0 Å². The van der Waals surface area contributed by atoms with Crippen LogP contribution in [0.2, 0.25) is 0 Å². The molecule has 0 N–H and O–H groups in total. The quantitative estimate of drug-likeness (QED) is 0.763. The number of hydrogen-bond acceptors (Lipinski definition) is 5. The fraction of sp³-hybridized carbons (Fsp3) is 0.611. The molecule has 6 nitrogen and oxygen atoms in total. The van der Waals surface area contributed by atoms with Gasteiger partial charge in [-0.15, -0.1) is 0 Å². The molecule has 1 aliphatic carbocycles. The number of carbonyl (C=O) groups excluding carboxylic acids is 1. The number of piperidine rings is 1. The van der Waals surface area contributed by atoms with Crippen molar-refractivity contribution in [2.75, 3.05) is 27.3 Å². The first-order valence-corrected chi connectivity index (χ1v) is 10.2. The van der Waals surface area contributed by atoms with Gasteiger partial charge >= 0.3 is 5.97 Å². The van der Waals surface area contributed by atoms with E-state index in [-0.39, 0.29) is 16.8 Å². The Morgan fingerprint density at radius 3 is 2.24 bits per heavy atom. The molecule has 3 rings (SSSR count). The highest BCUT2D eigenvalue weighted by Crippen LogP contribution is 2.34. The van der Waals surface area contributed by atoms with Gasteiger partial charge in [0, 0.05) is 13.1 Å². The molecule has 0 saturated carbocycles. The maximum atomic E-state index is 13.1. The fourth-order valence-electron chi connectivity index (χ4n) is 3.74. The Bertz CT molecular complexity index is 751. The Hall–Kier alpha value is -1.60. The number of methoxy groups -OCH3 is 2. The van der Waals surface area contributed by atoms with Gasteiger partial charge in [0.2, 0.25) is 10.0 Å². The molecule has 1 heterocycles. The Morgan fingerprint density at radius 1 is 1.08 bits per heavy atom. The molecule has 1 aromatic carbocycles. The van der Waals surface area contributed by atoms with Crippen LogP contribution in [-0.4, -0.2) is 46.0 Å². The largest absolute Gasteiger partial charge is 0.495 e. The zero-order valence-electron chi connectivity index (χ0n) is 14.8. The van der Waals surface area contributed by atoms with E-state index < -0.39 is 10.0 Å². The number of aryl methyl sites for hydroxylation is 2. The molecule has 25 heavy (non-hydrogen) atoms. The number of esters is 1. The maximum Gasteiger partial charge on any atom is 0.308 e. The van der Waals surface area contributed by atoms with Crippen molar-refractivity contribution in [3.8, 4) is 5.75 Å². The lowest BCUT2D eigenvalue weighted by atomic mass is 9.92. The third-order valence-corrected chi connectivity index (χ3v) is 7.15. The van der Waals surface area contributed by atoms with E-state index in [1.165, 1.54) is 24.1 Å². The van der Waals surface area contributed by atoms with Crippen LogP contribution in [0.3, 0.4) is 0 Å². The summed E-state index contributed by atoms with van der Waals surface area (Å²) in [5.41, 5.74) is 2.29. The van der Waals surface area contributed by atoms with Crippen LogP contribution in [0.4, 0.5) is 0 Å². The van der Waals surface area contributed by atoms with Gasteiger partial charge in [-0.05, 0) is 61.8 Å². The number of ether oxygens (including phenoxy) is 2. The van der Waals surface area contributed by atoms with Crippen molar-refractivity contribution in [2.24, 2.45) is 5.92 Å². The number of sulfonamides is 1. The smallest absolute Gasteiger partial charge is 0.308 e. The highest BCUT2D eigenvalue weighted by molar-refractivity contribution is 7.89. The lowest BCUT2D eigenvalue weighted by Crippen LogP contribution is -2.40. The lowest BCUT2D eigenvalue weighted by molar-refractivity contribution is -0.146. The summed E-state index contributed by atoms with van der Waals surface area (Å²) in [5, 5.41) is 0. The molecule has 7 heteroatoms. The van der Waals surface area contributed by atoms with E-state index >= 15 is 0 Å². The molecule has 0 atom stereocenters. The molecule has 2 aliphatic rings. The summed E-state index contributed by atoms with van der Waals surface area (Å²) in [7, 11) is -0.766. The Balaban J connectivity index is 1.86. The van der Waals surface area contributed by atoms with E-state index in [1.807, 2.05) is 6.07 Å². The van der Waals surface area contributed by atoms with Crippen LogP contribution in [-0.2, 0) is 32.4 Å². The van der Waals surface area contributed by atoms with Crippen LogP contribution in [0.5, 0.6) is 5.75 Å². The second kappa shape index (κ2) is 7.33. The third kappa shape index (κ3) is 3.53. The van der Waals surface area contributed by atoms with Crippen molar-refractivity contribution in [3.63, 3.8) is 0 Å². The van der Waals surface area contributed by atoms with Crippen LogP contribution in [0.25, 0.3) is 0 Å². The molecule has 0 unspecified atom stereocenters. The van der Waals surface area contributed by atoms with Gasteiger partial charge in [-0.2, -0.15) is 4.31 Å². The van der Waals surface area contributed by atoms with Crippen molar-refractivity contribution in [1.82, 2.24) is 4.31 Å². The van der Waals surface area contributed by atoms with Crippen LogP contribution < -0.4 is 4.74 Å². The zero-order valence-corrected chi connectivity index (χ0v) is 15.6. The van der Waals surface area contributed by atoms with Gasteiger partial charge in [0.05, 0.1) is 20.1 Å². The standard InChI is InChI=1S/C18H25NO5S/c1-23-16-11-14-5-3-4-6-15(14)12-17(16)25(21,22)19-9-7-13(8-10-19)18(20)24-2/h11-13H,3-10H2,1-2H3. The van der Waals surface area contributed by atoms with Gasteiger partial charge in [0.15, 0.2) is 0 Å². The van der Waals surface area contributed by atoms with Gasteiger partial charge in [-0.25, -0.2) is 8.42 Å². The second-order valence-electron chi connectivity index (χ2n) is 6.68. The third-order valence-electron chi connectivity index (χ3n) is 5.23. The zero-order chi connectivity index (χ0) is 18.0. The topological polar surface area (TPSA) is 72.9 Å². The van der Waals surface area contributed by atoms with Crippen LogP contribution in [0, 0.1) is 5.92 Å². The summed E-state index contributed by atoms with van der Waals surface area (Å²) in [5.74, 6) is -0.0685. The molecule has 1 fully saturated rings. The van der Waals surface area contributed by atoms with E-state index in [4.69, 9.17) is 9.47 Å². The number of carbonyl (C=O) groups is 1. The highest BCUT2D eigenvalue weighted by Gasteiger charge is 2.34. The van der Waals surface area contributed by atoms with Crippen molar-refractivity contribution in [1.29, 1.82) is 0 Å². The predicted molar refractivity (Wildman–Crippen MR) is 93.1 cm³/mol. The minimum absolute atomic E-state index is 0.220. The summed E-state index contributed by atoms with van der Waals surface area (Å²) in [4.78, 5) is 11.9. The molecule has 138 valence electrons. The number of nitrogens with zero attached hydrogens (tertiary/aromatic N) is 1. The number of benzene rings is 1. The van der Waals surface area contributed by atoms with E-state index in [0.29, 0.717) is 31.7 Å². The summed E-state index contributed by atoms with van der Waals surface area (Å²) >= 11 is 0. The van der Waals surface area contributed by atoms with Crippen molar-refractivity contribution in [2.45, 2.75) is 43.4 Å². The van der Waals surface area contributed by atoms with Crippen LogP contribution >= 0.6 is 0 Å². The molecule has 1 saturated heterocycles. The Kier molecular flexibility index (Phi) is 5.34. The summed E-state index contributed by atoms with van der Waals surface area (Å²) < 4.78 is 37.9. The van der Waals surface area contributed by atoms with Gasteiger partial charge in [0.25, 0.3) is 0 Å². The molecule has 0 amide bonds. The summed E-state index contributed by atoms with van der Waals surface area (Å²) in [6, 6.07) is 3.66. The first kappa shape index (κ1) is 18.2. The van der Waals surface area contributed by atoms with Crippen LogP contribution in [0.1, 0.15) is 36.8 Å². The van der Waals surface area contributed by atoms with Crippen molar-refractivity contribution >= 4 is 16.0 Å². The second-order valence-corrected chi connectivity index (χ2v) is 8.59. The van der Waals surface area contributed by atoms with Gasteiger partial charge in [0.1, 0.15) is 10.6 Å². The summed E-state index contributed by atoms with van der Waals surface area (Å²) in [6.07, 6.45) is 5.06. The minimum Gasteiger partial charge on any atom is -0.495 e. The molecular formula is C18H25NO5S. The van der Waals surface area contributed by atoms with Crippen molar-refractivity contribution < 1.29 is 22.7 Å². The van der Waals surface area contributed by atoms with Gasteiger partial charge < -0.3 is 9.47 Å². The first-order valence-electron chi connectivity index (χ1n) is 8.75. The van der Waals surface area contributed by atoms with E-state index in [9.17, 15) is 13.2 Å². The maximum absolute atomic E-state index is 13.1. The molecule has 0 spiro atoms. The van der Waals surface area contributed by atoms with E-state index in [1.54, 1.807) is 6.07 Å². The molecule has 0 radical (unpaired) electrons. The average molecular weight is 367 g/mol. The van der Waals surface area contributed by atoms with Crippen LogP contribution in [0.15, 0.2) is 17.0 Å². The SMILES string of the molecule is COC(=O)C1CCN(S(=O)(=O)c2cc3c(cc2OC)CCCC3)CC1. The number of hydrogen-bond donors (Lipinski definition) is 0. The monoisotopic (exact) mass is 367 g/mol. The highest BCUT2D eigenvalue weighted by atomic mass is 32.2. The van der Waals surface area contributed by atoms with E-state index in [0.717, 1.165) is 31.2 Å². The predicted octanol–water partition coefficient (Wildman–Crippen LogP) is 2.15. The normalized spacial score (nSPS) is 19.3. The number of fused-ring (bicyclic) bond motifs is 1. The summed E-state index contributed by atoms with van der Waals surface area (Å²) in [6.45, 7) is 0.644.